The molecule has 0 aliphatic heterocycles. The number of hydrogen-bond donors (Lipinski definition) is 1. The Bertz CT molecular complexity index is 707. The van der Waals surface area contributed by atoms with Gasteiger partial charge in [-0.1, -0.05) is 0 Å². The molecule has 2 aromatic rings. The third kappa shape index (κ3) is 3.61. The molecule has 1 aliphatic carbocycles. The summed E-state index contributed by atoms with van der Waals surface area (Å²) in [7, 11) is 4.16. The molecule has 0 radical (unpaired) electrons. The van der Waals surface area contributed by atoms with Crippen LogP contribution in [-0.4, -0.2) is 41.0 Å². The first-order valence-corrected chi connectivity index (χ1v) is 8.09. The molecule has 0 saturated heterocycles. The topological polar surface area (TPSA) is 41.0 Å². The fourth-order valence-electron chi connectivity index (χ4n) is 3.28. The molecular weight excluding hydrogens is 317 g/mol. The molecule has 1 aromatic heterocycles. The lowest BCUT2D eigenvalue weighted by atomic mass is 9.90. The maximum absolute atomic E-state index is 13.0. The third-order valence-corrected chi connectivity index (χ3v) is 4.73. The largest absolute Gasteiger partial charge is 0.416 e. The van der Waals surface area contributed by atoms with E-state index in [4.69, 9.17) is 0 Å². The first kappa shape index (κ1) is 17.0. The van der Waals surface area contributed by atoms with E-state index in [0.29, 0.717) is 22.8 Å². The van der Waals surface area contributed by atoms with Gasteiger partial charge in [0.2, 0.25) is 0 Å². The van der Waals surface area contributed by atoms with Crippen LogP contribution >= 0.6 is 0 Å². The zero-order chi connectivity index (χ0) is 17.3. The monoisotopic (exact) mass is 338 g/mol. The minimum absolute atomic E-state index is 0.230. The number of alkyl halides is 3. The van der Waals surface area contributed by atoms with Crippen molar-refractivity contribution in [3.05, 3.63) is 30.1 Å². The van der Waals surface area contributed by atoms with E-state index in [1.807, 2.05) is 0 Å². The van der Waals surface area contributed by atoms with E-state index in [2.05, 4.69) is 34.3 Å². The summed E-state index contributed by atoms with van der Waals surface area (Å²) in [6, 6.07) is 4.38. The van der Waals surface area contributed by atoms with Crippen molar-refractivity contribution in [2.75, 3.05) is 19.4 Å². The van der Waals surface area contributed by atoms with E-state index < -0.39 is 11.7 Å². The first-order chi connectivity index (χ1) is 11.3. The summed E-state index contributed by atoms with van der Waals surface area (Å²) >= 11 is 0. The minimum Gasteiger partial charge on any atom is -0.367 e. The summed E-state index contributed by atoms with van der Waals surface area (Å²) in [5.74, 6) is 0.486. The zero-order valence-electron chi connectivity index (χ0n) is 13.8. The van der Waals surface area contributed by atoms with Crippen molar-refractivity contribution < 1.29 is 13.2 Å². The van der Waals surface area contributed by atoms with Gasteiger partial charge in [0.15, 0.2) is 0 Å². The summed E-state index contributed by atoms with van der Waals surface area (Å²) in [4.78, 5) is 10.5. The molecule has 1 heterocycles. The number of anilines is 1. The molecule has 0 unspecified atom stereocenters. The predicted molar refractivity (Wildman–Crippen MR) is 87.9 cm³/mol. The van der Waals surface area contributed by atoms with Gasteiger partial charge in [-0.3, -0.25) is 0 Å². The molecule has 4 nitrogen and oxygen atoms in total. The smallest absolute Gasteiger partial charge is 0.367 e. The van der Waals surface area contributed by atoms with Crippen LogP contribution in [0.1, 0.15) is 31.2 Å². The molecule has 0 atom stereocenters. The summed E-state index contributed by atoms with van der Waals surface area (Å²) in [5.41, 5.74) is -0.161. The van der Waals surface area contributed by atoms with Crippen LogP contribution in [0, 0.1) is 0 Å². The van der Waals surface area contributed by atoms with Crippen molar-refractivity contribution in [1.82, 2.24) is 14.9 Å². The molecule has 1 N–H and O–H groups in total. The van der Waals surface area contributed by atoms with E-state index in [-0.39, 0.29) is 6.04 Å². The van der Waals surface area contributed by atoms with Gasteiger partial charge in [-0.15, -0.1) is 0 Å². The SMILES string of the molecule is CN(C)[C@H]1CC[C@H](Nc2ncnc3ccc(C(F)(F)F)cc23)CC1. The van der Waals surface area contributed by atoms with E-state index in [1.165, 1.54) is 12.4 Å². The Hall–Kier alpha value is -1.89. The Labute approximate surface area is 139 Å². The normalized spacial score (nSPS) is 22.1. The molecule has 1 fully saturated rings. The molecule has 0 spiro atoms. The number of fused-ring (bicyclic) bond motifs is 1. The summed E-state index contributed by atoms with van der Waals surface area (Å²) in [6.07, 6.45) is 1.12. The van der Waals surface area contributed by atoms with Crippen LogP contribution < -0.4 is 5.32 Å². The van der Waals surface area contributed by atoms with Crippen molar-refractivity contribution >= 4 is 16.7 Å². The maximum atomic E-state index is 13.0. The second kappa shape index (κ2) is 6.55. The highest BCUT2D eigenvalue weighted by atomic mass is 19.4. The van der Waals surface area contributed by atoms with Gasteiger partial charge in [0.25, 0.3) is 0 Å². The van der Waals surface area contributed by atoms with Gasteiger partial charge in [-0.05, 0) is 58.0 Å². The fourth-order valence-corrected chi connectivity index (χ4v) is 3.28. The highest BCUT2D eigenvalue weighted by Gasteiger charge is 2.31. The Morgan fingerprint density at radius 3 is 2.42 bits per heavy atom. The molecule has 7 heteroatoms. The summed E-state index contributed by atoms with van der Waals surface area (Å²) in [5, 5.41) is 3.74. The molecule has 1 aliphatic rings. The molecule has 130 valence electrons. The number of rotatable bonds is 3. The number of nitrogens with zero attached hydrogens (tertiary/aromatic N) is 3. The van der Waals surface area contributed by atoms with E-state index in [9.17, 15) is 13.2 Å². The number of nitrogens with one attached hydrogen (secondary N) is 1. The minimum atomic E-state index is -4.37. The lowest BCUT2D eigenvalue weighted by molar-refractivity contribution is -0.137. The Balaban J connectivity index is 1.82. The van der Waals surface area contributed by atoms with Crippen molar-refractivity contribution in [3.8, 4) is 0 Å². The van der Waals surface area contributed by atoms with Gasteiger partial charge < -0.3 is 10.2 Å². The average Bonchev–Trinajstić information content (AvgIpc) is 2.54. The average molecular weight is 338 g/mol. The molecule has 24 heavy (non-hydrogen) atoms. The number of aromatic nitrogens is 2. The molecule has 0 bridgehead atoms. The van der Waals surface area contributed by atoms with E-state index in [0.717, 1.165) is 37.8 Å². The van der Waals surface area contributed by atoms with E-state index in [1.54, 1.807) is 0 Å². The fraction of sp³-hybridized carbons (Fsp3) is 0.529. The van der Waals surface area contributed by atoms with Gasteiger partial charge in [-0.25, -0.2) is 9.97 Å². The van der Waals surface area contributed by atoms with Crippen LogP contribution in [-0.2, 0) is 6.18 Å². The second-order valence-corrected chi connectivity index (χ2v) is 6.57. The van der Waals surface area contributed by atoms with Gasteiger partial charge in [0, 0.05) is 17.5 Å². The Kier molecular flexibility index (Phi) is 4.62. The van der Waals surface area contributed by atoms with Crippen LogP contribution in [0.5, 0.6) is 0 Å². The molecule has 3 rings (SSSR count). The summed E-state index contributed by atoms with van der Waals surface area (Å²) in [6.45, 7) is 0. The molecular formula is C17H21F3N4. The van der Waals surface area contributed by atoms with Gasteiger partial charge in [-0.2, -0.15) is 13.2 Å². The van der Waals surface area contributed by atoms with E-state index >= 15 is 0 Å². The van der Waals surface area contributed by atoms with Gasteiger partial charge in [0.1, 0.15) is 12.1 Å². The van der Waals surface area contributed by atoms with Crippen molar-refractivity contribution in [2.45, 2.75) is 43.9 Å². The predicted octanol–water partition coefficient (Wildman–Crippen LogP) is 3.93. The lowest BCUT2D eigenvalue weighted by Gasteiger charge is -2.33. The van der Waals surface area contributed by atoms with Crippen LogP contribution in [0.15, 0.2) is 24.5 Å². The molecule has 0 amide bonds. The quantitative estimate of drug-likeness (QED) is 0.920. The first-order valence-electron chi connectivity index (χ1n) is 8.09. The Morgan fingerprint density at radius 1 is 1.08 bits per heavy atom. The van der Waals surface area contributed by atoms with Crippen LogP contribution in [0.3, 0.4) is 0 Å². The number of benzene rings is 1. The standard InChI is InChI=1S/C17H21F3N4/c1-24(2)13-6-4-12(5-7-13)23-16-14-9-11(17(18,19)20)3-8-15(14)21-10-22-16/h3,8-10,12-13H,4-7H2,1-2H3,(H,21,22,23)/t12-,13-. The molecule has 1 aromatic carbocycles. The highest BCUT2D eigenvalue weighted by Crippen LogP contribution is 2.33. The van der Waals surface area contributed by atoms with Crippen molar-refractivity contribution in [2.24, 2.45) is 0 Å². The lowest BCUT2D eigenvalue weighted by Crippen LogP contribution is -2.36. The summed E-state index contributed by atoms with van der Waals surface area (Å²) < 4.78 is 38.9. The second-order valence-electron chi connectivity index (χ2n) is 6.57. The van der Waals surface area contributed by atoms with Gasteiger partial charge >= 0.3 is 6.18 Å². The van der Waals surface area contributed by atoms with Crippen molar-refractivity contribution in [1.29, 1.82) is 0 Å². The maximum Gasteiger partial charge on any atom is 0.416 e. The highest BCUT2D eigenvalue weighted by molar-refractivity contribution is 5.89. The number of hydrogen-bond acceptors (Lipinski definition) is 4. The third-order valence-electron chi connectivity index (χ3n) is 4.73. The van der Waals surface area contributed by atoms with Crippen LogP contribution in [0.25, 0.3) is 10.9 Å². The van der Waals surface area contributed by atoms with Gasteiger partial charge in [0.05, 0.1) is 11.1 Å². The molecule has 1 saturated carbocycles. The number of halogens is 3. The van der Waals surface area contributed by atoms with Crippen LogP contribution in [0.4, 0.5) is 19.0 Å². The zero-order valence-corrected chi connectivity index (χ0v) is 13.8. The van der Waals surface area contributed by atoms with Crippen LogP contribution in [0.2, 0.25) is 0 Å². The van der Waals surface area contributed by atoms with Crippen molar-refractivity contribution in [3.63, 3.8) is 0 Å². The Morgan fingerprint density at radius 2 is 1.79 bits per heavy atom.